The largest absolute Gasteiger partial charge is 0.497 e. The van der Waals surface area contributed by atoms with Crippen LogP contribution in [0.2, 0.25) is 0 Å². The summed E-state index contributed by atoms with van der Waals surface area (Å²) in [5.74, 6) is 3.65. The molecule has 0 spiro atoms. The summed E-state index contributed by atoms with van der Waals surface area (Å²) < 4.78 is 14.4. The average Bonchev–Trinajstić information content (AvgIpc) is 3.33. The van der Waals surface area contributed by atoms with Crippen molar-refractivity contribution in [2.75, 3.05) is 30.5 Å². The fraction of sp³-hybridized carbons (Fsp3) is 0.417. The van der Waals surface area contributed by atoms with E-state index in [1.165, 1.54) is 4.68 Å². The van der Waals surface area contributed by atoms with E-state index in [1.54, 1.807) is 20.2 Å². The van der Waals surface area contributed by atoms with Gasteiger partial charge in [0, 0.05) is 50.1 Å². The van der Waals surface area contributed by atoms with E-state index >= 15 is 0 Å². The molecule has 0 bridgehead atoms. The minimum absolute atomic E-state index is 0.125. The molecule has 2 aliphatic heterocycles. The summed E-state index contributed by atoms with van der Waals surface area (Å²) in [6.07, 6.45) is 0.709. The van der Waals surface area contributed by atoms with Gasteiger partial charge in [-0.05, 0) is 25.1 Å². The average molecular weight is 490 g/mol. The normalized spacial score (nSPS) is 15.9. The molecule has 12 heteroatoms. The monoisotopic (exact) mass is 489 g/mol. The van der Waals surface area contributed by atoms with Gasteiger partial charge in [-0.15, -0.1) is 10.2 Å². The van der Waals surface area contributed by atoms with Gasteiger partial charge in [0.25, 0.3) is 5.56 Å². The van der Waals surface area contributed by atoms with Gasteiger partial charge in [0.15, 0.2) is 11.6 Å². The third-order valence-electron chi connectivity index (χ3n) is 6.70. The second-order valence-corrected chi connectivity index (χ2v) is 9.05. The van der Waals surface area contributed by atoms with Crippen LogP contribution in [0.5, 0.6) is 5.75 Å². The molecule has 0 fully saturated rings. The van der Waals surface area contributed by atoms with Crippen LogP contribution in [0.15, 0.2) is 29.1 Å². The van der Waals surface area contributed by atoms with E-state index in [0.717, 1.165) is 39.6 Å². The molecule has 4 aromatic rings. The number of aromatic nitrogens is 7. The lowest BCUT2D eigenvalue weighted by Crippen LogP contribution is -2.35. The minimum atomic E-state index is -0.157. The van der Waals surface area contributed by atoms with Crippen LogP contribution >= 0.6 is 0 Å². The third kappa shape index (κ3) is 3.92. The van der Waals surface area contributed by atoms with E-state index in [-0.39, 0.29) is 11.6 Å². The molecule has 1 N–H and O–H groups in total. The van der Waals surface area contributed by atoms with Crippen molar-refractivity contribution in [3.63, 3.8) is 0 Å². The highest BCUT2D eigenvalue weighted by atomic mass is 16.5. The summed E-state index contributed by atoms with van der Waals surface area (Å²) in [6.45, 7) is 5.08. The number of aryl methyl sites for hydroxylation is 1. The van der Waals surface area contributed by atoms with Crippen LogP contribution in [0.3, 0.4) is 0 Å². The Morgan fingerprint density at radius 2 is 2.06 bits per heavy atom. The number of fused-ring (bicyclic) bond motifs is 3. The molecule has 0 radical (unpaired) electrons. The molecule has 0 saturated carbocycles. The number of hydrogen-bond acceptors (Lipinski definition) is 10. The maximum Gasteiger partial charge on any atom is 0.266 e. The number of methoxy groups -OCH3 is 1. The van der Waals surface area contributed by atoms with E-state index in [0.29, 0.717) is 51.0 Å². The smallest absolute Gasteiger partial charge is 0.266 e. The van der Waals surface area contributed by atoms with Crippen LogP contribution in [-0.2, 0) is 37.9 Å². The molecular weight excluding hydrogens is 462 g/mol. The highest BCUT2D eigenvalue weighted by molar-refractivity contribution is 5.91. The van der Waals surface area contributed by atoms with Crippen LogP contribution in [0.4, 0.5) is 11.8 Å². The van der Waals surface area contributed by atoms with Crippen LogP contribution < -0.4 is 20.5 Å². The van der Waals surface area contributed by atoms with Gasteiger partial charge >= 0.3 is 0 Å². The Morgan fingerprint density at radius 1 is 1.17 bits per heavy atom. The van der Waals surface area contributed by atoms with Gasteiger partial charge in [-0.3, -0.25) is 4.79 Å². The van der Waals surface area contributed by atoms with Gasteiger partial charge in [-0.25, -0.2) is 9.67 Å². The van der Waals surface area contributed by atoms with Crippen molar-refractivity contribution in [1.29, 1.82) is 0 Å². The molecule has 12 nitrogen and oxygen atoms in total. The Bertz CT molecular complexity index is 1510. The topological polar surface area (TPSA) is 125 Å². The highest BCUT2D eigenvalue weighted by Crippen LogP contribution is 2.31. The van der Waals surface area contributed by atoms with Crippen molar-refractivity contribution >= 4 is 22.7 Å². The zero-order valence-electron chi connectivity index (χ0n) is 20.4. The Morgan fingerprint density at radius 3 is 2.92 bits per heavy atom. The number of rotatable bonds is 5. The first-order valence-corrected chi connectivity index (χ1v) is 11.9. The van der Waals surface area contributed by atoms with E-state index in [1.807, 2.05) is 25.1 Å². The van der Waals surface area contributed by atoms with Gasteiger partial charge in [-0.1, -0.05) is 0 Å². The first-order chi connectivity index (χ1) is 17.5. The molecule has 0 aliphatic carbocycles. The molecule has 1 aromatic carbocycles. The minimum Gasteiger partial charge on any atom is -0.497 e. The van der Waals surface area contributed by atoms with Crippen molar-refractivity contribution in [3.8, 4) is 5.75 Å². The second-order valence-electron chi connectivity index (χ2n) is 9.05. The number of anilines is 2. The molecule has 5 heterocycles. The standard InChI is InChI=1S/C24H27N9O3/c1-14(23-29-28-20-13-36-9-8-33(20)23)25-22-17-11-16(35-3)4-5-19(17)26-24(27-22)32-7-6-18-15(12-32)10-21(34)31(2)30-18/h4-5,10-11,14H,6-9,12-13H2,1-3H3,(H,25,26,27). The lowest BCUT2D eigenvalue weighted by molar-refractivity contribution is 0.0804. The Balaban J connectivity index is 1.38. The predicted octanol–water partition coefficient (Wildman–Crippen LogP) is 1.59. The molecule has 2 aliphatic rings. The lowest BCUT2D eigenvalue weighted by Gasteiger charge is -2.29. The number of hydrogen-bond donors (Lipinski definition) is 1. The Kier molecular flexibility index (Phi) is 5.52. The van der Waals surface area contributed by atoms with Crippen molar-refractivity contribution in [1.82, 2.24) is 34.5 Å². The van der Waals surface area contributed by atoms with Gasteiger partial charge in [0.2, 0.25) is 5.95 Å². The van der Waals surface area contributed by atoms with E-state index in [9.17, 15) is 4.79 Å². The molecule has 0 saturated heterocycles. The first kappa shape index (κ1) is 22.4. The summed E-state index contributed by atoms with van der Waals surface area (Å²) in [5.41, 5.74) is 2.51. The maximum atomic E-state index is 12.2. The van der Waals surface area contributed by atoms with Crippen molar-refractivity contribution in [2.24, 2.45) is 7.05 Å². The Labute approximate surface area is 206 Å². The third-order valence-corrected chi connectivity index (χ3v) is 6.70. The maximum absolute atomic E-state index is 12.2. The fourth-order valence-electron chi connectivity index (χ4n) is 4.75. The van der Waals surface area contributed by atoms with E-state index in [2.05, 4.69) is 30.1 Å². The predicted molar refractivity (Wildman–Crippen MR) is 132 cm³/mol. The van der Waals surface area contributed by atoms with E-state index in [4.69, 9.17) is 19.4 Å². The summed E-state index contributed by atoms with van der Waals surface area (Å²) in [7, 11) is 3.31. The van der Waals surface area contributed by atoms with Gasteiger partial charge < -0.3 is 24.3 Å². The molecule has 186 valence electrons. The summed E-state index contributed by atoms with van der Waals surface area (Å²) >= 11 is 0. The van der Waals surface area contributed by atoms with Gasteiger partial charge in [-0.2, -0.15) is 10.1 Å². The van der Waals surface area contributed by atoms with Crippen molar-refractivity contribution < 1.29 is 9.47 Å². The second kappa shape index (κ2) is 8.86. The van der Waals surface area contributed by atoms with E-state index < -0.39 is 0 Å². The van der Waals surface area contributed by atoms with Crippen LogP contribution in [-0.4, -0.2) is 54.8 Å². The van der Waals surface area contributed by atoms with Crippen LogP contribution in [0.25, 0.3) is 10.9 Å². The molecule has 1 unspecified atom stereocenters. The molecule has 3 aromatic heterocycles. The quantitative estimate of drug-likeness (QED) is 0.442. The van der Waals surface area contributed by atoms with Gasteiger partial charge in [0.1, 0.15) is 18.2 Å². The van der Waals surface area contributed by atoms with Crippen LogP contribution in [0.1, 0.15) is 35.9 Å². The Hall–Kier alpha value is -4.06. The van der Waals surface area contributed by atoms with Gasteiger partial charge in [0.05, 0.1) is 31.0 Å². The van der Waals surface area contributed by atoms with Crippen molar-refractivity contribution in [2.45, 2.75) is 39.1 Å². The first-order valence-electron chi connectivity index (χ1n) is 11.9. The molecule has 1 atom stereocenters. The zero-order valence-corrected chi connectivity index (χ0v) is 20.4. The summed E-state index contributed by atoms with van der Waals surface area (Å²) in [6, 6.07) is 7.25. The molecule has 6 rings (SSSR count). The lowest BCUT2D eigenvalue weighted by atomic mass is 10.1. The van der Waals surface area contributed by atoms with Crippen molar-refractivity contribution in [3.05, 3.63) is 57.5 Å². The molecule has 36 heavy (non-hydrogen) atoms. The number of nitrogens with one attached hydrogen (secondary N) is 1. The molecule has 0 amide bonds. The molecular formula is C24H27N9O3. The SMILES string of the molecule is COc1ccc2nc(N3CCc4nn(C)c(=O)cc4C3)nc(NC(C)c3nnc4n3CCOC4)c2c1. The summed E-state index contributed by atoms with van der Waals surface area (Å²) in [4.78, 5) is 24.0. The zero-order chi connectivity index (χ0) is 24.8. The highest BCUT2D eigenvalue weighted by Gasteiger charge is 2.24. The number of ether oxygens (including phenoxy) is 2. The number of benzene rings is 1. The fourth-order valence-corrected chi connectivity index (χ4v) is 4.75. The number of nitrogens with zero attached hydrogens (tertiary/aromatic N) is 8. The summed E-state index contributed by atoms with van der Waals surface area (Å²) in [5, 5.41) is 17.5. The van der Waals surface area contributed by atoms with Crippen LogP contribution in [0, 0.1) is 0 Å².